The van der Waals surface area contributed by atoms with Gasteiger partial charge < -0.3 is 19.1 Å². The van der Waals surface area contributed by atoms with E-state index in [-0.39, 0.29) is 24.1 Å². The molecule has 1 atom stereocenters. The van der Waals surface area contributed by atoms with Crippen LogP contribution in [0.15, 0.2) is 48.5 Å². The third-order valence-electron chi connectivity index (χ3n) is 6.98. The SMILES string of the molecule is CO[C@@]1(COc2ccc(C)cc2)CCCN(Cc2ccc(OCCCN3CC(=O)NC3=O)cc2)CC1. The fraction of sp³-hybridized carbons (Fsp3) is 0.500. The summed E-state index contributed by atoms with van der Waals surface area (Å²) in [4.78, 5) is 26.8. The van der Waals surface area contributed by atoms with Crippen LogP contribution in [0.3, 0.4) is 0 Å². The van der Waals surface area contributed by atoms with Gasteiger partial charge in [0, 0.05) is 26.7 Å². The van der Waals surface area contributed by atoms with Gasteiger partial charge in [0.15, 0.2) is 0 Å². The van der Waals surface area contributed by atoms with Crippen LogP contribution in [0.2, 0.25) is 0 Å². The van der Waals surface area contributed by atoms with Crippen LogP contribution < -0.4 is 14.8 Å². The first-order valence-electron chi connectivity index (χ1n) is 12.7. The molecule has 2 aliphatic heterocycles. The van der Waals surface area contributed by atoms with Crippen LogP contribution in [-0.2, 0) is 16.1 Å². The summed E-state index contributed by atoms with van der Waals surface area (Å²) in [6.07, 6.45) is 3.64. The van der Waals surface area contributed by atoms with Crippen molar-refractivity contribution in [2.75, 3.05) is 46.5 Å². The minimum absolute atomic E-state index is 0.134. The van der Waals surface area contributed by atoms with Gasteiger partial charge in [-0.1, -0.05) is 29.8 Å². The Balaban J connectivity index is 1.20. The van der Waals surface area contributed by atoms with Gasteiger partial charge in [0.25, 0.3) is 0 Å². The predicted octanol–water partition coefficient (Wildman–Crippen LogP) is 3.77. The summed E-state index contributed by atoms with van der Waals surface area (Å²) in [5.74, 6) is 1.45. The number of nitrogens with one attached hydrogen (secondary N) is 1. The molecule has 2 heterocycles. The molecule has 3 amide bonds. The van der Waals surface area contributed by atoms with Gasteiger partial charge in [-0.2, -0.15) is 0 Å². The summed E-state index contributed by atoms with van der Waals surface area (Å²) < 4.78 is 17.9. The maximum Gasteiger partial charge on any atom is 0.324 e. The number of imide groups is 1. The zero-order valence-electron chi connectivity index (χ0n) is 21.3. The zero-order chi connectivity index (χ0) is 25.4. The molecular formula is C28H37N3O5. The van der Waals surface area contributed by atoms with Crippen molar-refractivity contribution in [2.45, 2.75) is 44.8 Å². The number of carbonyl (C=O) groups is 2. The number of methoxy groups -OCH3 is 1. The molecule has 0 unspecified atom stereocenters. The maximum atomic E-state index is 11.6. The largest absolute Gasteiger partial charge is 0.494 e. The van der Waals surface area contributed by atoms with Gasteiger partial charge in [-0.05, 0) is 69.0 Å². The molecule has 0 bridgehead atoms. The Labute approximate surface area is 213 Å². The van der Waals surface area contributed by atoms with Gasteiger partial charge in [-0.25, -0.2) is 4.79 Å². The van der Waals surface area contributed by atoms with Crippen molar-refractivity contribution in [1.29, 1.82) is 0 Å². The monoisotopic (exact) mass is 495 g/mol. The first kappa shape index (κ1) is 26.0. The highest BCUT2D eigenvalue weighted by Crippen LogP contribution is 2.28. The van der Waals surface area contributed by atoms with Gasteiger partial charge in [-0.3, -0.25) is 15.0 Å². The molecule has 2 aliphatic rings. The van der Waals surface area contributed by atoms with Gasteiger partial charge >= 0.3 is 6.03 Å². The van der Waals surface area contributed by atoms with E-state index in [4.69, 9.17) is 14.2 Å². The Morgan fingerprint density at radius 2 is 1.67 bits per heavy atom. The van der Waals surface area contributed by atoms with Gasteiger partial charge in [-0.15, -0.1) is 0 Å². The highest BCUT2D eigenvalue weighted by molar-refractivity contribution is 6.01. The van der Waals surface area contributed by atoms with Crippen LogP contribution in [0.4, 0.5) is 4.79 Å². The minimum atomic E-state index is -0.320. The quantitative estimate of drug-likeness (QED) is 0.378. The fourth-order valence-corrected chi connectivity index (χ4v) is 4.70. The molecule has 8 nitrogen and oxygen atoms in total. The summed E-state index contributed by atoms with van der Waals surface area (Å²) in [5, 5.41) is 2.28. The normalized spacial score (nSPS) is 20.8. The second-order valence-electron chi connectivity index (χ2n) is 9.74. The number of aryl methyl sites for hydroxylation is 1. The lowest BCUT2D eigenvalue weighted by molar-refractivity contribution is -0.118. The Morgan fingerprint density at radius 3 is 2.36 bits per heavy atom. The smallest absolute Gasteiger partial charge is 0.324 e. The van der Waals surface area contributed by atoms with E-state index in [1.165, 1.54) is 16.0 Å². The molecule has 0 radical (unpaired) electrons. The first-order chi connectivity index (χ1) is 17.4. The Kier molecular flexibility index (Phi) is 8.83. The average Bonchev–Trinajstić information content (AvgIpc) is 3.07. The lowest BCUT2D eigenvalue weighted by Gasteiger charge is -2.31. The second-order valence-corrected chi connectivity index (χ2v) is 9.74. The highest BCUT2D eigenvalue weighted by atomic mass is 16.5. The number of nitrogens with zero attached hydrogens (tertiary/aromatic N) is 2. The summed E-state index contributed by atoms with van der Waals surface area (Å²) in [6.45, 7) is 6.63. The molecule has 2 aromatic carbocycles. The minimum Gasteiger partial charge on any atom is -0.494 e. The number of amides is 3. The van der Waals surface area contributed by atoms with Crippen molar-refractivity contribution in [3.05, 3.63) is 59.7 Å². The van der Waals surface area contributed by atoms with E-state index < -0.39 is 0 Å². The molecule has 4 rings (SSSR count). The van der Waals surface area contributed by atoms with E-state index in [9.17, 15) is 9.59 Å². The van der Waals surface area contributed by atoms with Gasteiger partial charge in [0.1, 0.15) is 30.3 Å². The van der Waals surface area contributed by atoms with Crippen LogP contribution in [0, 0.1) is 6.92 Å². The summed E-state index contributed by atoms with van der Waals surface area (Å²) >= 11 is 0. The third kappa shape index (κ3) is 7.21. The van der Waals surface area contributed by atoms with Crippen LogP contribution in [-0.4, -0.2) is 73.8 Å². The molecule has 8 heteroatoms. The highest BCUT2D eigenvalue weighted by Gasteiger charge is 2.33. The van der Waals surface area contributed by atoms with Crippen molar-refractivity contribution in [1.82, 2.24) is 15.1 Å². The molecule has 0 aliphatic carbocycles. The topological polar surface area (TPSA) is 80.3 Å². The van der Waals surface area contributed by atoms with E-state index >= 15 is 0 Å². The van der Waals surface area contributed by atoms with Crippen LogP contribution in [0.1, 0.15) is 36.8 Å². The van der Waals surface area contributed by atoms with Crippen LogP contribution in [0.25, 0.3) is 0 Å². The second kappa shape index (κ2) is 12.2. The fourth-order valence-electron chi connectivity index (χ4n) is 4.70. The van der Waals surface area contributed by atoms with E-state index in [0.29, 0.717) is 26.2 Å². The Bertz CT molecular complexity index is 1010. The maximum absolute atomic E-state index is 11.6. The predicted molar refractivity (Wildman–Crippen MR) is 137 cm³/mol. The van der Waals surface area contributed by atoms with E-state index in [2.05, 4.69) is 41.4 Å². The number of hydrogen-bond donors (Lipinski definition) is 1. The molecular weight excluding hydrogens is 458 g/mol. The molecule has 1 N–H and O–H groups in total. The molecule has 2 saturated heterocycles. The Morgan fingerprint density at radius 1 is 0.944 bits per heavy atom. The van der Waals surface area contributed by atoms with Crippen LogP contribution >= 0.6 is 0 Å². The molecule has 0 aromatic heterocycles. The van der Waals surface area contributed by atoms with Gasteiger partial charge in [0.05, 0.1) is 6.61 Å². The van der Waals surface area contributed by atoms with Crippen LogP contribution in [0.5, 0.6) is 11.5 Å². The van der Waals surface area contributed by atoms with Gasteiger partial charge in [0.2, 0.25) is 5.91 Å². The summed E-state index contributed by atoms with van der Waals surface area (Å²) in [5.41, 5.74) is 2.20. The molecule has 36 heavy (non-hydrogen) atoms. The van der Waals surface area contributed by atoms with Crippen molar-refractivity contribution >= 4 is 11.9 Å². The summed E-state index contributed by atoms with van der Waals surface area (Å²) in [7, 11) is 1.80. The molecule has 0 saturated carbocycles. The number of carbonyl (C=O) groups excluding carboxylic acids is 2. The lowest BCUT2D eigenvalue weighted by atomic mass is 9.95. The molecule has 2 aromatic rings. The number of urea groups is 1. The lowest BCUT2D eigenvalue weighted by Crippen LogP contribution is -2.39. The van der Waals surface area contributed by atoms with Crippen molar-refractivity contribution in [3.8, 4) is 11.5 Å². The number of rotatable bonds is 11. The number of benzene rings is 2. The standard InChI is InChI=1S/C28H37N3O5/c1-22-5-9-25(10-6-22)36-21-28(34-2)13-3-15-30(17-14-28)19-23-7-11-24(12-8-23)35-18-4-16-31-20-26(32)29-27(31)33/h5-12H,3-4,13-21H2,1-2H3,(H,29,32,33)/t28-/m0/s1. The molecule has 2 fully saturated rings. The van der Waals surface area contributed by atoms with Crippen molar-refractivity contribution in [2.24, 2.45) is 0 Å². The number of hydrogen-bond acceptors (Lipinski definition) is 6. The zero-order valence-corrected chi connectivity index (χ0v) is 21.3. The molecule has 0 spiro atoms. The van der Waals surface area contributed by atoms with E-state index in [0.717, 1.165) is 50.4 Å². The number of ether oxygens (including phenoxy) is 3. The Hall–Kier alpha value is -3.10. The van der Waals surface area contributed by atoms with Crippen molar-refractivity contribution < 1.29 is 23.8 Å². The van der Waals surface area contributed by atoms with Crippen molar-refractivity contribution in [3.63, 3.8) is 0 Å². The first-order valence-corrected chi connectivity index (χ1v) is 12.7. The molecule has 194 valence electrons. The average molecular weight is 496 g/mol. The third-order valence-corrected chi connectivity index (χ3v) is 6.98. The van der Waals surface area contributed by atoms with E-state index in [1.54, 1.807) is 7.11 Å². The summed E-state index contributed by atoms with van der Waals surface area (Å²) in [6, 6.07) is 16.1. The van der Waals surface area contributed by atoms with E-state index in [1.807, 2.05) is 24.3 Å². The number of likely N-dealkylation sites (tertiary alicyclic amines) is 1.